The first kappa shape index (κ1) is 45.8. The third-order valence-corrected chi connectivity index (χ3v) is 11.3. The van der Waals surface area contributed by atoms with E-state index >= 15 is 0 Å². The topological polar surface area (TPSA) is 72.8 Å². The normalized spacial score (nSPS) is 13.6. The molecule has 0 fully saturated rings. The molecule has 0 saturated heterocycles. The molecule has 0 spiro atoms. The van der Waals surface area contributed by atoms with Gasteiger partial charge in [0.1, 0.15) is 35.3 Å². The average molecular weight is 795 g/mol. The summed E-state index contributed by atoms with van der Waals surface area (Å²) in [5.74, 6) is -1.49. The van der Waals surface area contributed by atoms with E-state index in [1.165, 1.54) is 31.2 Å². The van der Waals surface area contributed by atoms with Gasteiger partial charge in [-0.3, -0.25) is 4.79 Å². The highest BCUT2D eigenvalue weighted by Gasteiger charge is 2.33. The number of thioether (sulfide) groups is 2. The predicted octanol–water partition coefficient (Wildman–Crippen LogP) is 13.6. The maximum Gasteiger partial charge on any atom is 0.347 e. The maximum atomic E-state index is 14.9. The van der Waals surface area contributed by atoms with Crippen LogP contribution in [0.15, 0.2) is 70.2 Å². The van der Waals surface area contributed by atoms with Crippen LogP contribution in [0.5, 0.6) is 17.2 Å². The van der Waals surface area contributed by atoms with Gasteiger partial charge in [-0.05, 0) is 90.5 Å². The van der Waals surface area contributed by atoms with E-state index in [9.17, 15) is 23.5 Å². The Morgan fingerprint density at radius 2 is 1.15 bits per heavy atom. The number of esters is 2. The van der Waals surface area contributed by atoms with Crippen molar-refractivity contribution in [1.29, 1.82) is 0 Å². The number of hydrogen-bond donors (Lipinski definition) is 1. The molecule has 3 aromatic rings. The van der Waals surface area contributed by atoms with E-state index in [4.69, 9.17) is 9.47 Å². The Hall–Kier alpha value is -3.56. The van der Waals surface area contributed by atoms with Crippen LogP contribution in [-0.4, -0.2) is 27.8 Å². The molecule has 0 heterocycles. The van der Waals surface area contributed by atoms with E-state index in [1.54, 1.807) is 30.4 Å². The first-order chi connectivity index (χ1) is 25.0. The summed E-state index contributed by atoms with van der Waals surface area (Å²) in [6, 6.07) is 12.7. The van der Waals surface area contributed by atoms with E-state index in [1.807, 2.05) is 0 Å². The summed E-state index contributed by atoms with van der Waals surface area (Å²) in [5.41, 5.74) is 2.28. The number of carbonyl (C=O) groups excluding carboxylic acids is 2. The van der Waals surface area contributed by atoms with E-state index < -0.39 is 35.3 Å². The Morgan fingerprint density at radius 3 is 1.53 bits per heavy atom. The number of allylic oxidation sites excluding steroid dienone is 4. The quantitative estimate of drug-likeness (QED) is 0.0720. The Balaban J connectivity index is 2.19. The van der Waals surface area contributed by atoms with Crippen molar-refractivity contribution in [3.8, 4) is 17.2 Å². The molecule has 300 valence electrons. The van der Waals surface area contributed by atoms with Crippen molar-refractivity contribution < 1.29 is 33.0 Å². The molecule has 0 aromatic heterocycles. The van der Waals surface area contributed by atoms with Crippen LogP contribution >= 0.6 is 23.5 Å². The monoisotopic (exact) mass is 794 g/mol. The first-order valence-corrected chi connectivity index (χ1v) is 20.2. The zero-order valence-electron chi connectivity index (χ0n) is 35.6. The molecular formula is C46H60F2O5S2. The van der Waals surface area contributed by atoms with Crippen LogP contribution in [0, 0.1) is 0 Å². The van der Waals surface area contributed by atoms with Gasteiger partial charge in [-0.15, -0.1) is 23.5 Å². The second-order valence-corrected chi connectivity index (χ2v) is 22.1. The zero-order valence-corrected chi connectivity index (χ0v) is 37.2. The van der Waals surface area contributed by atoms with Crippen LogP contribution in [-0.2, 0) is 26.5 Å². The van der Waals surface area contributed by atoms with Gasteiger partial charge in [0.15, 0.2) is 0 Å². The molecular weight excluding hydrogens is 735 g/mol. The number of phenols is 1. The van der Waals surface area contributed by atoms with Gasteiger partial charge in [-0.25, -0.2) is 13.6 Å². The summed E-state index contributed by atoms with van der Waals surface area (Å²) in [6.07, 6.45) is 2.30. The second-order valence-electron chi connectivity index (χ2n) is 18.4. The lowest BCUT2D eigenvalue weighted by Crippen LogP contribution is -2.23. The summed E-state index contributed by atoms with van der Waals surface area (Å²) in [5, 5.41) is 11.3. The van der Waals surface area contributed by atoms with Crippen molar-refractivity contribution in [2.24, 2.45) is 0 Å². The number of halogens is 2. The Labute approximate surface area is 336 Å². The highest BCUT2D eigenvalue weighted by Crippen LogP contribution is 2.51. The number of aromatic hydroxyl groups is 1. The molecule has 0 aliphatic heterocycles. The molecule has 0 radical (unpaired) electrons. The Bertz CT molecular complexity index is 1910. The molecule has 0 unspecified atom stereocenters. The molecule has 9 heteroatoms. The van der Waals surface area contributed by atoms with Crippen LogP contribution in [0.4, 0.5) is 8.78 Å². The van der Waals surface area contributed by atoms with Crippen LogP contribution in [0.25, 0.3) is 5.57 Å². The summed E-state index contributed by atoms with van der Waals surface area (Å²) in [7, 11) is 0. The van der Waals surface area contributed by atoms with Gasteiger partial charge in [-0.1, -0.05) is 95.2 Å². The van der Waals surface area contributed by atoms with Gasteiger partial charge < -0.3 is 14.6 Å². The summed E-state index contributed by atoms with van der Waals surface area (Å²) in [6.45, 7) is 31.2. The molecule has 0 bridgehead atoms. The van der Waals surface area contributed by atoms with Gasteiger partial charge in [-0.2, -0.15) is 0 Å². The van der Waals surface area contributed by atoms with Crippen molar-refractivity contribution in [1.82, 2.24) is 0 Å². The number of hydrogen-bond acceptors (Lipinski definition) is 7. The van der Waals surface area contributed by atoms with Crippen molar-refractivity contribution in [3.63, 3.8) is 0 Å². The molecule has 0 saturated carbocycles. The molecule has 0 aliphatic carbocycles. The smallest absolute Gasteiger partial charge is 0.347 e. The molecule has 55 heavy (non-hydrogen) atoms. The van der Waals surface area contributed by atoms with Crippen LogP contribution in [0.1, 0.15) is 149 Å². The van der Waals surface area contributed by atoms with Gasteiger partial charge in [0, 0.05) is 44.5 Å². The van der Waals surface area contributed by atoms with Crippen LogP contribution < -0.4 is 9.47 Å². The van der Waals surface area contributed by atoms with Crippen LogP contribution in [0.3, 0.4) is 0 Å². The average Bonchev–Trinajstić information content (AvgIpc) is 3.00. The largest absolute Gasteiger partial charge is 0.507 e. The predicted molar refractivity (Wildman–Crippen MR) is 227 cm³/mol. The third kappa shape index (κ3) is 11.7. The van der Waals surface area contributed by atoms with Crippen molar-refractivity contribution >= 4 is 41.0 Å². The van der Waals surface area contributed by atoms with Crippen molar-refractivity contribution in [2.45, 2.75) is 146 Å². The summed E-state index contributed by atoms with van der Waals surface area (Å²) in [4.78, 5) is 28.4. The lowest BCUT2D eigenvalue weighted by Gasteiger charge is -2.32. The second kappa shape index (κ2) is 16.9. The Kier molecular flexibility index (Phi) is 14.1. The number of ether oxygens (including phenoxy) is 2. The fraction of sp³-hybridized carbons (Fsp3) is 0.478. The lowest BCUT2D eigenvalue weighted by molar-refractivity contribution is -0.131. The molecule has 1 N–H and O–H groups in total. The number of benzene rings is 3. The van der Waals surface area contributed by atoms with Gasteiger partial charge in [0.25, 0.3) is 0 Å². The minimum absolute atomic E-state index is 0.0365. The number of rotatable bonds is 10. The Morgan fingerprint density at radius 1 is 0.709 bits per heavy atom. The van der Waals surface area contributed by atoms with E-state index in [0.717, 1.165) is 38.1 Å². The van der Waals surface area contributed by atoms with Crippen molar-refractivity contribution in [2.75, 3.05) is 6.67 Å². The minimum Gasteiger partial charge on any atom is -0.507 e. The minimum atomic E-state index is -0.994. The molecule has 5 nitrogen and oxygen atoms in total. The van der Waals surface area contributed by atoms with Gasteiger partial charge in [0.2, 0.25) is 0 Å². The SMILES string of the molecule is CC=C(C(F)=CCF)c1ccc(OC(C)=O)c(C(=O)Oc2c(C(C)(C)C)cc(SC(C)(C)Sc3cc(C(C)(C)C)c(O)c(C(C)(C)C)c3)cc2C(C)(C)C)c1. The zero-order chi connectivity index (χ0) is 42.1. The molecule has 0 amide bonds. The van der Waals surface area contributed by atoms with E-state index in [2.05, 4.69) is 121 Å². The number of carbonyl (C=O) groups is 2. The molecule has 0 aliphatic rings. The highest BCUT2D eigenvalue weighted by molar-refractivity contribution is 8.18. The number of alkyl halides is 1. The number of phenolic OH excluding ortho intramolecular Hbond substituents is 1. The van der Waals surface area contributed by atoms with E-state index in [0.29, 0.717) is 17.1 Å². The van der Waals surface area contributed by atoms with E-state index in [-0.39, 0.29) is 31.8 Å². The van der Waals surface area contributed by atoms with Crippen molar-refractivity contribution in [3.05, 3.63) is 93.8 Å². The van der Waals surface area contributed by atoms with Crippen LogP contribution in [0.2, 0.25) is 0 Å². The third-order valence-electron chi connectivity index (χ3n) is 8.87. The standard InChI is InChI=1S/C46H60F2O5S2/c1-17-31(37(48)20-21-47)28-18-19-38(52-27(2)49)32(22-28)41(51)53-40-35(44(9,10)11)25-30(26-36(40)45(12,13)14)55-46(15,16)54-29-23-33(42(3,4)5)39(50)34(24-29)43(6,7)8/h17-20,22-26,50H,21H2,1-16H3. The molecule has 0 atom stereocenters. The lowest BCUT2D eigenvalue weighted by atomic mass is 9.79. The molecule has 3 aromatic carbocycles. The van der Waals surface area contributed by atoms with Gasteiger partial charge >= 0.3 is 11.9 Å². The van der Waals surface area contributed by atoms with Gasteiger partial charge in [0.05, 0.1) is 4.08 Å². The summed E-state index contributed by atoms with van der Waals surface area (Å²) >= 11 is 3.44. The summed E-state index contributed by atoms with van der Waals surface area (Å²) < 4.78 is 39.3. The maximum absolute atomic E-state index is 14.9. The highest BCUT2D eigenvalue weighted by atomic mass is 32.2. The first-order valence-electron chi connectivity index (χ1n) is 18.6. The fourth-order valence-corrected chi connectivity index (χ4v) is 8.74. The fourth-order valence-electron chi connectivity index (χ4n) is 6.15. The molecule has 3 rings (SSSR count).